The van der Waals surface area contributed by atoms with Gasteiger partial charge in [-0.1, -0.05) is 13.8 Å². The van der Waals surface area contributed by atoms with Gasteiger partial charge in [0.25, 0.3) is 0 Å². The molecule has 0 aliphatic rings. The second kappa shape index (κ2) is 6.53. The lowest BCUT2D eigenvalue weighted by Gasteiger charge is -2.01. The molecule has 0 saturated heterocycles. The van der Waals surface area contributed by atoms with Crippen molar-refractivity contribution in [2.24, 2.45) is 0 Å². The number of nitrogens with zero attached hydrogens (tertiary/aromatic N) is 2. The van der Waals surface area contributed by atoms with Crippen LogP contribution in [0.1, 0.15) is 31.1 Å². The normalized spacial score (nSPS) is 9.12. The Bertz CT molecular complexity index is 481. The van der Waals surface area contributed by atoms with Crippen molar-refractivity contribution in [1.29, 1.82) is 0 Å². The van der Waals surface area contributed by atoms with Gasteiger partial charge in [-0.2, -0.15) is 0 Å². The van der Waals surface area contributed by atoms with Crippen LogP contribution in [0.5, 0.6) is 0 Å². The topological polar surface area (TPSA) is 42.9 Å². The number of hydrogen-bond donors (Lipinski definition) is 0. The Balaban J connectivity index is 0.000000686. The molecule has 88 valence electrons. The summed E-state index contributed by atoms with van der Waals surface area (Å²) >= 11 is 0. The molecule has 0 aliphatic heterocycles. The van der Waals surface area contributed by atoms with Gasteiger partial charge in [0.2, 0.25) is 0 Å². The van der Waals surface area contributed by atoms with E-state index in [1.165, 1.54) is 6.92 Å². The van der Waals surface area contributed by atoms with E-state index in [0.717, 1.165) is 11.1 Å². The summed E-state index contributed by atoms with van der Waals surface area (Å²) < 4.78 is 0. The summed E-state index contributed by atoms with van der Waals surface area (Å²) in [5, 5.41) is 0. The van der Waals surface area contributed by atoms with Crippen LogP contribution in [0.3, 0.4) is 0 Å². The Hall–Kier alpha value is -2.03. The quantitative estimate of drug-likeness (QED) is 0.740. The summed E-state index contributed by atoms with van der Waals surface area (Å²) in [6.45, 7) is 5.54. The van der Waals surface area contributed by atoms with E-state index >= 15 is 0 Å². The molecule has 2 heterocycles. The second-order valence-electron chi connectivity index (χ2n) is 3.25. The number of ketones is 1. The lowest BCUT2D eigenvalue weighted by molar-refractivity contribution is 0.101. The van der Waals surface area contributed by atoms with Crippen LogP contribution in [0.4, 0.5) is 0 Å². The molecule has 0 spiro atoms. The van der Waals surface area contributed by atoms with Crippen LogP contribution in [0.25, 0.3) is 11.1 Å². The molecule has 0 aliphatic carbocycles. The van der Waals surface area contributed by atoms with Gasteiger partial charge in [-0.25, -0.2) is 0 Å². The highest BCUT2D eigenvalue weighted by molar-refractivity contribution is 5.94. The Kier molecular flexibility index (Phi) is 5.01. The van der Waals surface area contributed by atoms with Gasteiger partial charge in [-0.3, -0.25) is 14.8 Å². The minimum atomic E-state index is 0.0263. The van der Waals surface area contributed by atoms with Crippen LogP contribution in [0, 0.1) is 0 Å². The largest absolute Gasteiger partial charge is 0.294 e. The van der Waals surface area contributed by atoms with E-state index in [4.69, 9.17) is 0 Å². The van der Waals surface area contributed by atoms with Crippen molar-refractivity contribution < 1.29 is 4.79 Å². The molecule has 0 radical (unpaired) electrons. The summed E-state index contributed by atoms with van der Waals surface area (Å²) in [6, 6.07) is 5.62. The van der Waals surface area contributed by atoms with Crippen molar-refractivity contribution >= 4 is 5.78 Å². The van der Waals surface area contributed by atoms with Gasteiger partial charge in [0.1, 0.15) is 0 Å². The maximum absolute atomic E-state index is 11.2. The minimum Gasteiger partial charge on any atom is -0.294 e. The highest BCUT2D eigenvalue weighted by Gasteiger charge is 2.02. The van der Waals surface area contributed by atoms with Gasteiger partial charge in [0.05, 0.1) is 0 Å². The van der Waals surface area contributed by atoms with E-state index in [9.17, 15) is 4.79 Å². The first kappa shape index (κ1) is 13.0. The molecule has 0 saturated carbocycles. The van der Waals surface area contributed by atoms with E-state index < -0.39 is 0 Å². The number of pyridine rings is 2. The van der Waals surface area contributed by atoms with Crippen LogP contribution in [0.2, 0.25) is 0 Å². The van der Waals surface area contributed by atoms with E-state index in [1.54, 1.807) is 24.8 Å². The molecule has 3 nitrogen and oxygen atoms in total. The zero-order chi connectivity index (χ0) is 12.7. The smallest absolute Gasteiger partial charge is 0.161 e. The molecule has 0 atom stereocenters. The highest BCUT2D eigenvalue weighted by Crippen LogP contribution is 2.18. The lowest BCUT2D eigenvalue weighted by Crippen LogP contribution is -1.93. The summed E-state index contributed by atoms with van der Waals surface area (Å²) in [6.07, 6.45) is 6.75. The third-order valence-electron chi connectivity index (χ3n) is 2.16. The maximum Gasteiger partial charge on any atom is 0.161 e. The van der Waals surface area contributed by atoms with Crippen molar-refractivity contribution in [2.75, 3.05) is 0 Å². The van der Waals surface area contributed by atoms with Crippen molar-refractivity contribution in [3.05, 3.63) is 48.5 Å². The molecule has 0 bridgehead atoms. The van der Waals surface area contributed by atoms with Crippen molar-refractivity contribution in [3.8, 4) is 11.1 Å². The molecule has 0 aromatic carbocycles. The van der Waals surface area contributed by atoms with Crippen LogP contribution in [-0.2, 0) is 0 Å². The molecular weight excluding hydrogens is 212 g/mol. The predicted molar refractivity (Wildman–Crippen MR) is 68.8 cm³/mol. The molecule has 2 aromatic heterocycles. The number of carbonyl (C=O) groups excluding carboxylic acids is 1. The third kappa shape index (κ3) is 3.48. The van der Waals surface area contributed by atoms with Gasteiger partial charge in [0.15, 0.2) is 5.78 Å². The maximum atomic E-state index is 11.2. The van der Waals surface area contributed by atoms with Crippen LogP contribution >= 0.6 is 0 Å². The molecule has 0 N–H and O–H groups in total. The molecular formula is C14H16N2O. The Morgan fingerprint density at radius 1 is 1.00 bits per heavy atom. The molecule has 3 heteroatoms. The van der Waals surface area contributed by atoms with E-state index in [0.29, 0.717) is 5.56 Å². The zero-order valence-corrected chi connectivity index (χ0v) is 10.3. The minimum absolute atomic E-state index is 0.0263. The first-order chi connectivity index (χ1) is 8.27. The standard InChI is InChI=1S/C12H10N2O.C2H6/c1-9(15)11-6-12(8-14-7-11)10-2-4-13-5-3-10;1-2/h2-8H,1H3;1-2H3. The number of hydrogen-bond acceptors (Lipinski definition) is 3. The number of Topliss-reactive ketones (excluding diaryl/α,β-unsaturated/α-hetero) is 1. The van der Waals surface area contributed by atoms with Crippen LogP contribution < -0.4 is 0 Å². The van der Waals surface area contributed by atoms with E-state index in [-0.39, 0.29) is 5.78 Å². The Morgan fingerprint density at radius 3 is 2.24 bits per heavy atom. The SMILES string of the molecule is CC.CC(=O)c1cncc(-c2ccncc2)c1. The fraction of sp³-hybridized carbons (Fsp3) is 0.214. The molecule has 0 amide bonds. The molecule has 2 aromatic rings. The Morgan fingerprint density at radius 2 is 1.65 bits per heavy atom. The number of rotatable bonds is 2. The Labute approximate surface area is 102 Å². The van der Waals surface area contributed by atoms with Gasteiger partial charge < -0.3 is 0 Å². The van der Waals surface area contributed by atoms with Gasteiger partial charge in [-0.05, 0) is 30.7 Å². The summed E-state index contributed by atoms with van der Waals surface area (Å²) in [5.41, 5.74) is 2.58. The van der Waals surface area contributed by atoms with Crippen LogP contribution in [0.15, 0.2) is 43.0 Å². The zero-order valence-electron chi connectivity index (χ0n) is 10.3. The average Bonchev–Trinajstić information content (AvgIpc) is 2.42. The molecule has 2 rings (SSSR count). The van der Waals surface area contributed by atoms with Gasteiger partial charge >= 0.3 is 0 Å². The lowest BCUT2D eigenvalue weighted by atomic mass is 10.1. The predicted octanol–water partition coefficient (Wildman–Crippen LogP) is 3.37. The van der Waals surface area contributed by atoms with Gasteiger partial charge in [0, 0.05) is 35.9 Å². The number of aromatic nitrogens is 2. The molecule has 0 unspecified atom stereocenters. The first-order valence-electron chi connectivity index (χ1n) is 5.64. The molecule has 0 fully saturated rings. The fourth-order valence-electron chi connectivity index (χ4n) is 1.33. The summed E-state index contributed by atoms with van der Waals surface area (Å²) in [7, 11) is 0. The van der Waals surface area contributed by atoms with E-state index in [1.807, 2.05) is 32.0 Å². The molecule has 17 heavy (non-hydrogen) atoms. The third-order valence-corrected chi connectivity index (χ3v) is 2.16. The van der Waals surface area contributed by atoms with Crippen LogP contribution in [-0.4, -0.2) is 15.8 Å². The van der Waals surface area contributed by atoms with Crippen molar-refractivity contribution in [3.63, 3.8) is 0 Å². The fourth-order valence-corrected chi connectivity index (χ4v) is 1.33. The van der Waals surface area contributed by atoms with Gasteiger partial charge in [-0.15, -0.1) is 0 Å². The summed E-state index contributed by atoms with van der Waals surface area (Å²) in [4.78, 5) is 19.2. The first-order valence-corrected chi connectivity index (χ1v) is 5.64. The number of carbonyl (C=O) groups is 1. The monoisotopic (exact) mass is 228 g/mol. The highest BCUT2D eigenvalue weighted by atomic mass is 16.1. The van der Waals surface area contributed by atoms with Crippen molar-refractivity contribution in [1.82, 2.24) is 9.97 Å². The average molecular weight is 228 g/mol. The summed E-state index contributed by atoms with van der Waals surface area (Å²) in [5.74, 6) is 0.0263. The van der Waals surface area contributed by atoms with Crippen molar-refractivity contribution in [2.45, 2.75) is 20.8 Å². The van der Waals surface area contributed by atoms with E-state index in [2.05, 4.69) is 9.97 Å². The second-order valence-corrected chi connectivity index (χ2v) is 3.25.